The predicted molar refractivity (Wildman–Crippen MR) is 145 cm³/mol. The zero-order valence-corrected chi connectivity index (χ0v) is 24.4. The fourth-order valence-corrected chi connectivity index (χ4v) is 10.2. The largest absolute Gasteiger partial charge is 0.461 e. The molecule has 3 saturated carbocycles. The summed E-state index contributed by atoms with van der Waals surface area (Å²) >= 11 is 0. The summed E-state index contributed by atoms with van der Waals surface area (Å²) in [6.45, 7) is 15.1. The third-order valence-electron chi connectivity index (χ3n) is 12.4. The zero-order chi connectivity index (χ0) is 27.9. The van der Waals surface area contributed by atoms with E-state index in [-0.39, 0.29) is 23.2 Å². The van der Waals surface area contributed by atoms with Crippen LogP contribution in [0.3, 0.4) is 0 Å². The van der Waals surface area contributed by atoms with Gasteiger partial charge in [0, 0.05) is 17.9 Å². The molecule has 6 nitrogen and oxygen atoms in total. The van der Waals surface area contributed by atoms with Gasteiger partial charge in [0.15, 0.2) is 0 Å². The van der Waals surface area contributed by atoms with Crippen molar-refractivity contribution in [3.05, 3.63) is 23.3 Å². The molecule has 2 N–H and O–H groups in total. The maximum absolute atomic E-state index is 13.4. The lowest BCUT2D eigenvalue weighted by Gasteiger charge is -2.69. The van der Waals surface area contributed by atoms with Gasteiger partial charge in [0.25, 0.3) is 0 Å². The molecule has 0 aromatic rings. The highest BCUT2D eigenvalue weighted by molar-refractivity contribution is 5.96. The van der Waals surface area contributed by atoms with Crippen molar-refractivity contribution in [1.29, 1.82) is 0 Å². The fourth-order valence-electron chi connectivity index (χ4n) is 10.2. The Labute approximate surface area is 228 Å². The van der Waals surface area contributed by atoms with Crippen LogP contribution >= 0.6 is 0 Å². The highest BCUT2D eigenvalue weighted by atomic mass is 16.7. The second-order valence-electron chi connectivity index (χ2n) is 14.3. The minimum atomic E-state index is -1.70. The number of rotatable bonds is 5. The Balaban J connectivity index is 1.62. The van der Waals surface area contributed by atoms with E-state index in [0.717, 1.165) is 12.8 Å². The van der Waals surface area contributed by atoms with Crippen molar-refractivity contribution >= 4 is 11.9 Å². The maximum atomic E-state index is 13.4. The summed E-state index contributed by atoms with van der Waals surface area (Å²) < 4.78 is 11.8. The number of carbonyl (C=O) groups is 2. The van der Waals surface area contributed by atoms with Gasteiger partial charge in [-0.15, -0.1) is 0 Å². The maximum Gasteiger partial charge on any atom is 0.338 e. The van der Waals surface area contributed by atoms with Crippen LogP contribution in [0.15, 0.2) is 23.3 Å². The summed E-state index contributed by atoms with van der Waals surface area (Å²) in [7, 11) is 0. The van der Waals surface area contributed by atoms with Gasteiger partial charge < -0.3 is 19.7 Å². The van der Waals surface area contributed by atoms with Crippen LogP contribution in [0, 0.1) is 39.4 Å². The fraction of sp³-hybridized carbons (Fsp3) is 0.812. The predicted octanol–water partition coefficient (Wildman–Crippen LogP) is 5.86. The lowest BCUT2D eigenvalue weighted by molar-refractivity contribution is -0.218. The van der Waals surface area contributed by atoms with E-state index in [9.17, 15) is 19.8 Å². The summed E-state index contributed by atoms with van der Waals surface area (Å²) in [5, 5.41) is 21.2. The van der Waals surface area contributed by atoms with Crippen molar-refractivity contribution in [2.45, 2.75) is 124 Å². The number of hydrogen-bond acceptors (Lipinski definition) is 6. The first-order chi connectivity index (χ1) is 17.7. The Morgan fingerprint density at radius 3 is 2.47 bits per heavy atom. The first-order valence-electron chi connectivity index (χ1n) is 14.9. The Kier molecular flexibility index (Phi) is 6.55. The SMILES string of the molecule is CCC(O)CC(=O)O[C@H]1C[C@@H]2[C@@]3(C)CCC[C@](C)(CC)[C@@H]3CC[C@@]2(C)[C@@H]2C=CC3=C(C(=O)OC3(C)O)[C@@]12C. The molecule has 1 aliphatic heterocycles. The molecule has 2 unspecified atom stereocenters. The summed E-state index contributed by atoms with van der Waals surface area (Å²) in [6.07, 6.45) is 10.9. The Morgan fingerprint density at radius 2 is 1.82 bits per heavy atom. The molecule has 0 amide bonds. The van der Waals surface area contributed by atoms with Gasteiger partial charge in [-0.1, -0.05) is 66.5 Å². The number of allylic oxidation sites excluding steroid dienone is 1. The first kappa shape index (κ1) is 27.9. The average Bonchev–Trinajstić information content (AvgIpc) is 3.08. The summed E-state index contributed by atoms with van der Waals surface area (Å²) in [6, 6.07) is 0. The molecule has 0 aromatic heterocycles. The molecule has 5 rings (SSSR count). The minimum absolute atomic E-state index is 0.0459. The van der Waals surface area contributed by atoms with E-state index in [1.165, 1.54) is 32.6 Å². The lowest BCUT2D eigenvalue weighted by Crippen LogP contribution is -2.65. The third-order valence-corrected chi connectivity index (χ3v) is 12.4. The number of esters is 2. The van der Waals surface area contributed by atoms with Crippen molar-refractivity contribution in [1.82, 2.24) is 0 Å². The lowest BCUT2D eigenvalue weighted by atomic mass is 9.35. The van der Waals surface area contributed by atoms with Gasteiger partial charge in [-0.05, 0) is 72.5 Å². The summed E-state index contributed by atoms with van der Waals surface area (Å²) in [4.78, 5) is 26.5. The van der Waals surface area contributed by atoms with E-state index in [1.807, 2.05) is 19.9 Å². The van der Waals surface area contributed by atoms with Crippen LogP contribution in [-0.2, 0) is 19.1 Å². The van der Waals surface area contributed by atoms with Gasteiger partial charge in [0.1, 0.15) is 6.10 Å². The smallest absolute Gasteiger partial charge is 0.338 e. The number of ether oxygens (including phenoxy) is 2. The van der Waals surface area contributed by atoms with Crippen molar-refractivity contribution in [3.63, 3.8) is 0 Å². The van der Waals surface area contributed by atoms with E-state index in [1.54, 1.807) is 0 Å². The molecule has 1 heterocycles. The summed E-state index contributed by atoms with van der Waals surface area (Å²) in [5.74, 6) is -1.77. The molecule has 38 heavy (non-hydrogen) atoms. The zero-order valence-electron chi connectivity index (χ0n) is 24.4. The van der Waals surface area contributed by atoms with Crippen molar-refractivity contribution in [2.75, 3.05) is 0 Å². The first-order valence-corrected chi connectivity index (χ1v) is 14.9. The molecule has 6 heteroatoms. The standard InChI is InChI=1S/C32H48O6/c1-8-19(33)17-25(34)37-24-18-23-29(4)15-10-14-28(3,9-2)21(29)13-16-30(23,5)22-12-11-20-26(31(22,24)6)27(35)38-32(20,7)36/h11-12,19,21-24,33,36H,8-10,13-18H2,1-7H3/t19?,21-,22-,23+,24-,28-,29-,30-,31+,32?/m0/s1. The van der Waals surface area contributed by atoms with Gasteiger partial charge >= 0.3 is 11.9 Å². The third kappa shape index (κ3) is 3.72. The molecule has 5 aliphatic rings. The molecule has 0 saturated heterocycles. The van der Waals surface area contributed by atoms with Gasteiger partial charge in [-0.3, -0.25) is 4.79 Å². The molecule has 0 spiro atoms. The van der Waals surface area contributed by atoms with Crippen LogP contribution in [0.1, 0.15) is 106 Å². The van der Waals surface area contributed by atoms with E-state index >= 15 is 0 Å². The minimum Gasteiger partial charge on any atom is -0.461 e. The molecule has 0 aromatic carbocycles. The molecule has 3 fully saturated rings. The van der Waals surface area contributed by atoms with Crippen molar-refractivity contribution < 1.29 is 29.3 Å². The van der Waals surface area contributed by atoms with Crippen LogP contribution in [0.4, 0.5) is 0 Å². The quantitative estimate of drug-likeness (QED) is 0.435. The molecular weight excluding hydrogens is 480 g/mol. The second kappa shape index (κ2) is 8.92. The van der Waals surface area contributed by atoms with Crippen molar-refractivity contribution in [2.24, 2.45) is 39.4 Å². The van der Waals surface area contributed by atoms with Gasteiger partial charge in [0.2, 0.25) is 5.79 Å². The second-order valence-corrected chi connectivity index (χ2v) is 14.3. The van der Waals surface area contributed by atoms with Gasteiger partial charge in [-0.25, -0.2) is 4.79 Å². The van der Waals surface area contributed by atoms with Crippen LogP contribution in [0.25, 0.3) is 0 Å². The molecule has 0 bridgehead atoms. The van der Waals surface area contributed by atoms with E-state index < -0.39 is 35.3 Å². The number of aliphatic hydroxyl groups excluding tert-OH is 1. The molecule has 4 aliphatic carbocycles. The van der Waals surface area contributed by atoms with E-state index in [4.69, 9.17) is 9.47 Å². The normalized spacial score (nSPS) is 48.4. The van der Waals surface area contributed by atoms with Crippen LogP contribution < -0.4 is 0 Å². The molecule has 0 radical (unpaired) electrons. The highest BCUT2D eigenvalue weighted by Gasteiger charge is 2.70. The van der Waals surface area contributed by atoms with E-state index in [2.05, 4.69) is 33.8 Å². The van der Waals surface area contributed by atoms with Crippen LogP contribution in [-0.4, -0.2) is 40.1 Å². The van der Waals surface area contributed by atoms with Crippen molar-refractivity contribution in [3.8, 4) is 0 Å². The molecule has 212 valence electrons. The summed E-state index contributed by atoms with van der Waals surface area (Å²) in [5.41, 5.74) is 0.424. The van der Waals surface area contributed by atoms with Gasteiger partial charge in [-0.2, -0.15) is 0 Å². The number of carbonyl (C=O) groups excluding carboxylic acids is 2. The number of hydrogen-bond donors (Lipinski definition) is 2. The number of fused-ring (bicyclic) bond motifs is 6. The number of cyclic esters (lactones) is 1. The van der Waals surface area contributed by atoms with E-state index in [0.29, 0.717) is 41.2 Å². The molecular formula is C32H48O6. The Morgan fingerprint density at radius 1 is 1.11 bits per heavy atom. The van der Waals surface area contributed by atoms with Crippen LogP contribution in [0.5, 0.6) is 0 Å². The number of aliphatic hydroxyl groups is 2. The average molecular weight is 529 g/mol. The highest BCUT2D eigenvalue weighted by Crippen LogP contribution is 2.73. The van der Waals surface area contributed by atoms with Gasteiger partial charge in [0.05, 0.1) is 18.1 Å². The molecule has 10 atom stereocenters. The Hall–Kier alpha value is -1.66. The monoisotopic (exact) mass is 528 g/mol. The topological polar surface area (TPSA) is 93.1 Å². The Bertz CT molecular complexity index is 1070. The van der Waals surface area contributed by atoms with Crippen LogP contribution in [0.2, 0.25) is 0 Å².